The Morgan fingerprint density at radius 1 is 1.42 bits per heavy atom. The van der Waals surface area contributed by atoms with E-state index in [1.54, 1.807) is 23.0 Å². The van der Waals surface area contributed by atoms with Gasteiger partial charge in [-0.05, 0) is 26.0 Å². The van der Waals surface area contributed by atoms with Crippen LogP contribution >= 0.6 is 0 Å². The molecule has 0 aliphatic rings. The van der Waals surface area contributed by atoms with E-state index in [9.17, 15) is 4.79 Å². The molecular formula is C13H17N5O. The number of anilines is 2. The summed E-state index contributed by atoms with van der Waals surface area (Å²) in [5, 5.41) is 7.12. The van der Waals surface area contributed by atoms with Gasteiger partial charge in [-0.25, -0.2) is 0 Å². The minimum atomic E-state index is -0.114. The van der Waals surface area contributed by atoms with Gasteiger partial charge in [0.25, 0.3) is 0 Å². The summed E-state index contributed by atoms with van der Waals surface area (Å²) in [6, 6.07) is 3.48. The monoisotopic (exact) mass is 259 g/mol. The molecule has 100 valence electrons. The first-order valence-corrected chi connectivity index (χ1v) is 5.98. The Labute approximate surface area is 111 Å². The van der Waals surface area contributed by atoms with Crippen molar-refractivity contribution < 1.29 is 4.79 Å². The highest BCUT2D eigenvalue weighted by Gasteiger charge is 2.13. The van der Waals surface area contributed by atoms with Crippen LogP contribution in [0.4, 0.5) is 11.4 Å². The molecule has 3 N–H and O–H groups in total. The van der Waals surface area contributed by atoms with E-state index >= 15 is 0 Å². The molecule has 0 spiro atoms. The first-order valence-electron chi connectivity index (χ1n) is 5.98. The minimum Gasteiger partial charge on any atom is -0.397 e. The summed E-state index contributed by atoms with van der Waals surface area (Å²) >= 11 is 0. The number of nitrogens with two attached hydrogens (primary N) is 1. The lowest BCUT2D eigenvalue weighted by Crippen LogP contribution is -2.16. The Bertz CT molecular complexity index is 600. The van der Waals surface area contributed by atoms with Crippen LogP contribution in [0.15, 0.2) is 18.3 Å². The van der Waals surface area contributed by atoms with Gasteiger partial charge in [0.2, 0.25) is 5.91 Å². The highest BCUT2D eigenvalue weighted by atomic mass is 16.1. The maximum Gasteiger partial charge on any atom is 0.230 e. The average Bonchev–Trinajstić information content (AvgIpc) is 2.59. The molecule has 1 amide bonds. The maximum absolute atomic E-state index is 12.0. The predicted octanol–water partition coefficient (Wildman–Crippen LogP) is 1.20. The van der Waals surface area contributed by atoms with Crippen LogP contribution in [0.2, 0.25) is 0 Å². The molecule has 2 heterocycles. The van der Waals surface area contributed by atoms with Crippen LogP contribution in [0.25, 0.3) is 0 Å². The van der Waals surface area contributed by atoms with Crippen LogP contribution in [0, 0.1) is 13.8 Å². The SMILES string of the molecule is Cc1nn(C)c(C)c1NC(=O)Cc1ccc(N)cn1. The third-order valence-electron chi connectivity index (χ3n) is 2.96. The van der Waals surface area contributed by atoms with Gasteiger partial charge in [0.05, 0.1) is 35.4 Å². The molecule has 2 rings (SSSR count). The minimum absolute atomic E-state index is 0.114. The summed E-state index contributed by atoms with van der Waals surface area (Å²) < 4.78 is 1.74. The summed E-state index contributed by atoms with van der Waals surface area (Å²) in [5.74, 6) is -0.114. The lowest BCUT2D eigenvalue weighted by Gasteiger charge is -2.05. The molecule has 0 aromatic carbocycles. The molecule has 6 heteroatoms. The van der Waals surface area contributed by atoms with Crippen molar-refractivity contribution >= 4 is 17.3 Å². The normalized spacial score (nSPS) is 10.5. The van der Waals surface area contributed by atoms with E-state index in [1.807, 2.05) is 20.9 Å². The number of amides is 1. The highest BCUT2D eigenvalue weighted by molar-refractivity contribution is 5.93. The Balaban J connectivity index is 2.07. The number of rotatable bonds is 3. The number of aromatic nitrogens is 3. The zero-order valence-corrected chi connectivity index (χ0v) is 11.3. The molecule has 0 radical (unpaired) electrons. The molecule has 0 saturated heterocycles. The van der Waals surface area contributed by atoms with Crippen molar-refractivity contribution in [1.82, 2.24) is 14.8 Å². The van der Waals surface area contributed by atoms with E-state index in [-0.39, 0.29) is 12.3 Å². The fourth-order valence-corrected chi connectivity index (χ4v) is 1.84. The van der Waals surface area contributed by atoms with Gasteiger partial charge in [-0.15, -0.1) is 0 Å². The number of hydrogen-bond donors (Lipinski definition) is 2. The zero-order valence-electron chi connectivity index (χ0n) is 11.3. The van der Waals surface area contributed by atoms with Crippen molar-refractivity contribution in [2.75, 3.05) is 11.1 Å². The Kier molecular flexibility index (Phi) is 3.50. The standard InChI is InChI=1S/C13H17N5O/c1-8-13(9(2)18(3)17-8)16-12(19)6-11-5-4-10(14)7-15-11/h4-5,7H,6,14H2,1-3H3,(H,16,19). The fourth-order valence-electron chi connectivity index (χ4n) is 1.84. The van der Waals surface area contributed by atoms with E-state index in [1.165, 1.54) is 0 Å². The topological polar surface area (TPSA) is 85.8 Å². The van der Waals surface area contributed by atoms with E-state index in [4.69, 9.17) is 5.73 Å². The Morgan fingerprint density at radius 2 is 2.16 bits per heavy atom. The molecule has 0 aliphatic heterocycles. The third kappa shape index (κ3) is 2.90. The summed E-state index contributed by atoms with van der Waals surface area (Å²) in [5.41, 5.74) is 9.32. The van der Waals surface area contributed by atoms with Crippen molar-refractivity contribution in [2.24, 2.45) is 7.05 Å². The van der Waals surface area contributed by atoms with Gasteiger partial charge in [0.1, 0.15) is 0 Å². The molecule has 0 atom stereocenters. The number of hydrogen-bond acceptors (Lipinski definition) is 4. The van der Waals surface area contributed by atoms with Crippen LogP contribution in [-0.4, -0.2) is 20.7 Å². The second kappa shape index (κ2) is 5.09. The van der Waals surface area contributed by atoms with Crippen molar-refractivity contribution in [3.63, 3.8) is 0 Å². The lowest BCUT2D eigenvalue weighted by atomic mass is 10.2. The molecule has 0 bridgehead atoms. The quantitative estimate of drug-likeness (QED) is 0.867. The third-order valence-corrected chi connectivity index (χ3v) is 2.96. The van der Waals surface area contributed by atoms with Crippen molar-refractivity contribution in [3.8, 4) is 0 Å². The van der Waals surface area contributed by atoms with Crippen molar-refractivity contribution in [1.29, 1.82) is 0 Å². The van der Waals surface area contributed by atoms with E-state index in [0.29, 0.717) is 11.4 Å². The number of nitrogen functional groups attached to an aromatic ring is 1. The summed E-state index contributed by atoms with van der Waals surface area (Å²) in [6.07, 6.45) is 1.76. The molecule has 0 unspecified atom stereocenters. The fraction of sp³-hybridized carbons (Fsp3) is 0.308. The molecule has 0 fully saturated rings. The molecule has 0 aliphatic carbocycles. The number of nitrogens with one attached hydrogen (secondary N) is 1. The Hall–Kier alpha value is -2.37. The number of aryl methyl sites for hydroxylation is 2. The first kappa shape index (κ1) is 13.1. The maximum atomic E-state index is 12.0. The smallest absolute Gasteiger partial charge is 0.230 e. The van der Waals surface area contributed by atoms with E-state index in [2.05, 4.69) is 15.4 Å². The summed E-state index contributed by atoms with van der Waals surface area (Å²) in [7, 11) is 1.85. The van der Waals surface area contributed by atoms with Gasteiger partial charge in [-0.3, -0.25) is 14.5 Å². The molecular weight excluding hydrogens is 242 g/mol. The molecule has 6 nitrogen and oxygen atoms in total. The van der Waals surface area contributed by atoms with Crippen LogP contribution in [0.1, 0.15) is 17.1 Å². The largest absolute Gasteiger partial charge is 0.397 e. The number of pyridine rings is 1. The van der Waals surface area contributed by atoms with Gasteiger partial charge in [0.15, 0.2) is 0 Å². The Morgan fingerprint density at radius 3 is 2.68 bits per heavy atom. The predicted molar refractivity (Wildman–Crippen MR) is 73.7 cm³/mol. The lowest BCUT2D eigenvalue weighted by molar-refractivity contribution is -0.115. The number of nitrogens with zero attached hydrogens (tertiary/aromatic N) is 3. The van der Waals surface area contributed by atoms with Crippen LogP contribution < -0.4 is 11.1 Å². The number of carbonyl (C=O) groups is 1. The molecule has 2 aromatic rings. The average molecular weight is 259 g/mol. The van der Waals surface area contributed by atoms with Gasteiger partial charge < -0.3 is 11.1 Å². The van der Waals surface area contributed by atoms with E-state index in [0.717, 1.165) is 17.1 Å². The zero-order chi connectivity index (χ0) is 14.0. The number of carbonyl (C=O) groups excluding carboxylic acids is 1. The molecule has 0 saturated carbocycles. The van der Waals surface area contributed by atoms with Gasteiger partial charge in [-0.2, -0.15) is 5.10 Å². The highest BCUT2D eigenvalue weighted by Crippen LogP contribution is 2.18. The van der Waals surface area contributed by atoms with Gasteiger partial charge in [-0.1, -0.05) is 0 Å². The van der Waals surface area contributed by atoms with Crippen LogP contribution in [0.3, 0.4) is 0 Å². The van der Waals surface area contributed by atoms with Crippen molar-refractivity contribution in [3.05, 3.63) is 35.4 Å². The van der Waals surface area contributed by atoms with Crippen LogP contribution in [-0.2, 0) is 18.3 Å². The molecule has 2 aromatic heterocycles. The van der Waals surface area contributed by atoms with Crippen LogP contribution in [0.5, 0.6) is 0 Å². The van der Waals surface area contributed by atoms with E-state index < -0.39 is 0 Å². The van der Waals surface area contributed by atoms with Crippen molar-refractivity contribution in [2.45, 2.75) is 20.3 Å². The summed E-state index contributed by atoms with van der Waals surface area (Å²) in [6.45, 7) is 3.78. The second-order valence-electron chi connectivity index (χ2n) is 4.48. The molecule has 19 heavy (non-hydrogen) atoms. The summed E-state index contributed by atoms with van der Waals surface area (Å²) in [4.78, 5) is 16.1. The second-order valence-corrected chi connectivity index (χ2v) is 4.48. The van der Waals surface area contributed by atoms with Gasteiger partial charge in [0, 0.05) is 12.7 Å². The van der Waals surface area contributed by atoms with Gasteiger partial charge >= 0.3 is 0 Å². The first-order chi connectivity index (χ1) is 8.97.